The van der Waals surface area contributed by atoms with E-state index in [-0.39, 0.29) is 5.91 Å². The summed E-state index contributed by atoms with van der Waals surface area (Å²) in [6.45, 7) is 1.05. The van der Waals surface area contributed by atoms with Crippen molar-refractivity contribution in [1.29, 1.82) is 0 Å². The van der Waals surface area contributed by atoms with E-state index in [1.165, 1.54) is 0 Å². The molecule has 4 heteroatoms. The smallest absolute Gasteiger partial charge is 0.255 e. The first-order valence-corrected chi connectivity index (χ1v) is 3.73. The summed E-state index contributed by atoms with van der Waals surface area (Å²) in [7, 11) is 0. The molecule has 0 aromatic carbocycles. The molecule has 1 aliphatic rings. The summed E-state index contributed by atoms with van der Waals surface area (Å²) in [4.78, 5) is 15.2. The monoisotopic (exact) mass is 164 g/mol. The largest absolute Gasteiger partial charge is 0.489 e. The van der Waals surface area contributed by atoms with Crippen molar-refractivity contribution in [2.75, 3.05) is 13.2 Å². The lowest BCUT2D eigenvalue weighted by Crippen LogP contribution is -2.24. The number of fused-ring (bicyclic) bond motifs is 1. The van der Waals surface area contributed by atoms with Crippen LogP contribution in [-0.2, 0) is 0 Å². The number of aromatic nitrogens is 1. The SMILES string of the molecule is O=C1NCCOc2cnccc21. The molecule has 0 bridgehead atoms. The zero-order chi connectivity index (χ0) is 8.39. The summed E-state index contributed by atoms with van der Waals surface area (Å²) in [5, 5.41) is 2.71. The fraction of sp³-hybridized carbons (Fsp3) is 0.250. The Morgan fingerprint density at radius 3 is 3.42 bits per heavy atom. The third-order valence-electron chi connectivity index (χ3n) is 1.67. The van der Waals surface area contributed by atoms with Crippen molar-refractivity contribution in [3.8, 4) is 5.75 Å². The molecule has 0 saturated heterocycles. The number of pyridine rings is 1. The lowest BCUT2D eigenvalue weighted by atomic mass is 10.2. The summed E-state index contributed by atoms with van der Waals surface area (Å²) in [6.07, 6.45) is 3.13. The predicted octanol–water partition coefficient (Wildman–Crippen LogP) is 0.204. The molecule has 1 amide bonds. The van der Waals surface area contributed by atoms with Crippen LogP contribution in [0.4, 0.5) is 0 Å². The van der Waals surface area contributed by atoms with Crippen molar-refractivity contribution in [3.63, 3.8) is 0 Å². The normalized spacial score (nSPS) is 15.5. The number of nitrogens with zero attached hydrogens (tertiary/aromatic N) is 1. The van der Waals surface area contributed by atoms with Gasteiger partial charge in [-0.25, -0.2) is 0 Å². The number of rotatable bonds is 0. The highest BCUT2D eigenvalue weighted by Crippen LogP contribution is 2.17. The Morgan fingerprint density at radius 2 is 2.50 bits per heavy atom. The fourth-order valence-electron chi connectivity index (χ4n) is 1.10. The summed E-state index contributed by atoms with van der Waals surface area (Å²) < 4.78 is 5.27. The van der Waals surface area contributed by atoms with Gasteiger partial charge in [-0.3, -0.25) is 9.78 Å². The second kappa shape index (κ2) is 2.81. The zero-order valence-electron chi connectivity index (χ0n) is 6.41. The van der Waals surface area contributed by atoms with Gasteiger partial charge in [0.25, 0.3) is 5.91 Å². The Bertz CT molecular complexity index is 312. The van der Waals surface area contributed by atoms with Crippen molar-refractivity contribution in [3.05, 3.63) is 24.0 Å². The van der Waals surface area contributed by atoms with Gasteiger partial charge >= 0.3 is 0 Å². The van der Waals surface area contributed by atoms with Crippen LogP contribution in [0.2, 0.25) is 0 Å². The molecule has 0 aliphatic carbocycles. The summed E-state index contributed by atoms with van der Waals surface area (Å²) >= 11 is 0. The first-order chi connectivity index (χ1) is 5.88. The highest BCUT2D eigenvalue weighted by Gasteiger charge is 2.14. The highest BCUT2D eigenvalue weighted by atomic mass is 16.5. The molecule has 0 unspecified atom stereocenters. The number of ether oxygens (including phenoxy) is 1. The first-order valence-electron chi connectivity index (χ1n) is 3.73. The van der Waals surface area contributed by atoms with Crippen LogP contribution in [-0.4, -0.2) is 24.0 Å². The van der Waals surface area contributed by atoms with Crippen molar-refractivity contribution < 1.29 is 9.53 Å². The Hall–Kier alpha value is -1.58. The zero-order valence-corrected chi connectivity index (χ0v) is 6.41. The van der Waals surface area contributed by atoms with Gasteiger partial charge in [-0.15, -0.1) is 0 Å². The van der Waals surface area contributed by atoms with Crippen LogP contribution < -0.4 is 10.1 Å². The van der Waals surface area contributed by atoms with Crippen molar-refractivity contribution in [2.24, 2.45) is 0 Å². The van der Waals surface area contributed by atoms with E-state index in [4.69, 9.17) is 4.74 Å². The van der Waals surface area contributed by atoms with E-state index in [1.54, 1.807) is 18.5 Å². The van der Waals surface area contributed by atoms with E-state index in [1.807, 2.05) is 0 Å². The average molecular weight is 164 g/mol. The van der Waals surface area contributed by atoms with Crippen LogP contribution >= 0.6 is 0 Å². The third kappa shape index (κ3) is 1.11. The number of hydrogen-bond acceptors (Lipinski definition) is 3. The molecule has 1 aromatic heterocycles. The van der Waals surface area contributed by atoms with Crippen molar-refractivity contribution in [2.45, 2.75) is 0 Å². The van der Waals surface area contributed by atoms with E-state index < -0.39 is 0 Å². The molecular weight excluding hydrogens is 156 g/mol. The van der Waals surface area contributed by atoms with Gasteiger partial charge < -0.3 is 10.1 Å². The van der Waals surface area contributed by atoms with Gasteiger partial charge in [0.1, 0.15) is 12.4 Å². The lowest BCUT2D eigenvalue weighted by molar-refractivity contribution is 0.0957. The van der Waals surface area contributed by atoms with Gasteiger partial charge in [-0.2, -0.15) is 0 Å². The summed E-state index contributed by atoms with van der Waals surface area (Å²) in [5.41, 5.74) is 0.558. The average Bonchev–Trinajstić information content (AvgIpc) is 2.29. The molecule has 1 N–H and O–H groups in total. The van der Waals surface area contributed by atoms with Crippen molar-refractivity contribution >= 4 is 5.91 Å². The number of carbonyl (C=O) groups is 1. The minimum Gasteiger partial charge on any atom is -0.489 e. The molecule has 62 valence electrons. The van der Waals surface area contributed by atoms with Gasteiger partial charge in [-0.05, 0) is 6.07 Å². The van der Waals surface area contributed by atoms with E-state index in [0.29, 0.717) is 24.5 Å². The molecule has 0 atom stereocenters. The van der Waals surface area contributed by atoms with Crippen LogP contribution in [0.1, 0.15) is 10.4 Å². The van der Waals surface area contributed by atoms with E-state index in [9.17, 15) is 4.79 Å². The number of hydrogen-bond donors (Lipinski definition) is 1. The minimum atomic E-state index is -0.0927. The molecule has 1 aromatic rings. The topological polar surface area (TPSA) is 51.2 Å². The molecule has 0 saturated carbocycles. The lowest BCUT2D eigenvalue weighted by Gasteiger charge is -2.01. The molecule has 0 fully saturated rings. The van der Waals surface area contributed by atoms with Crippen LogP contribution in [0.15, 0.2) is 18.5 Å². The summed E-state index contributed by atoms with van der Waals surface area (Å²) in [5.74, 6) is 0.470. The van der Waals surface area contributed by atoms with Gasteiger partial charge in [0.2, 0.25) is 0 Å². The first kappa shape index (κ1) is 7.09. The molecular formula is C8H8N2O2. The maximum atomic E-state index is 11.3. The van der Waals surface area contributed by atoms with Gasteiger partial charge in [0, 0.05) is 6.20 Å². The Morgan fingerprint density at radius 1 is 1.58 bits per heavy atom. The highest BCUT2D eigenvalue weighted by molar-refractivity contribution is 5.96. The van der Waals surface area contributed by atoms with Crippen LogP contribution in [0.5, 0.6) is 5.75 Å². The molecule has 2 heterocycles. The molecule has 0 radical (unpaired) electrons. The van der Waals surface area contributed by atoms with E-state index in [0.717, 1.165) is 0 Å². The summed E-state index contributed by atoms with van der Waals surface area (Å²) in [6, 6.07) is 1.65. The molecule has 2 rings (SSSR count). The number of carbonyl (C=O) groups excluding carboxylic acids is 1. The quantitative estimate of drug-likeness (QED) is 0.596. The number of nitrogens with one attached hydrogen (secondary N) is 1. The maximum Gasteiger partial charge on any atom is 0.255 e. The van der Waals surface area contributed by atoms with Gasteiger partial charge in [0.15, 0.2) is 0 Å². The molecule has 1 aliphatic heterocycles. The van der Waals surface area contributed by atoms with Crippen LogP contribution in [0, 0.1) is 0 Å². The van der Waals surface area contributed by atoms with E-state index >= 15 is 0 Å². The van der Waals surface area contributed by atoms with Crippen LogP contribution in [0.3, 0.4) is 0 Å². The molecule has 4 nitrogen and oxygen atoms in total. The third-order valence-corrected chi connectivity index (χ3v) is 1.67. The van der Waals surface area contributed by atoms with Gasteiger partial charge in [-0.1, -0.05) is 0 Å². The second-order valence-corrected chi connectivity index (χ2v) is 2.48. The Kier molecular flexibility index (Phi) is 1.66. The number of amides is 1. The van der Waals surface area contributed by atoms with E-state index in [2.05, 4.69) is 10.3 Å². The second-order valence-electron chi connectivity index (χ2n) is 2.48. The predicted molar refractivity (Wildman–Crippen MR) is 42.1 cm³/mol. The minimum absolute atomic E-state index is 0.0927. The fourth-order valence-corrected chi connectivity index (χ4v) is 1.10. The van der Waals surface area contributed by atoms with Gasteiger partial charge in [0.05, 0.1) is 18.3 Å². The Labute approximate surface area is 69.6 Å². The molecule has 12 heavy (non-hydrogen) atoms. The van der Waals surface area contributed by atoms with Crippen molar-refractivity contribution in [1.82, 2.24) is 10.3 Å². The van der Waals surface area contributed by atoms with Crippen LogP contribution in [0.25, 0.3) is 0 Å². The Balaban J connectivity index is 2.46. The molecule has 0 spiro atoms. The maximum absolute atomic E-state index is 11.3. The standard InChI is InChI=1S/C8H8N2O2/c11-8-6-1-2-9-5-7(6)12-4-3-10-8/h1-2,5H,3-4H2,(H,10,11).